The lowest BCUT2D eigenvalue weighted by Gasteiger charge is -1.74. The van der Waals surface area contributed by atoms with E-state index in [1.54, 1.807) is 0 Å². The SMILES string of the molecule is NS(=O)(=O)O.O=C(O)/C=C\C(=O)O. The lowest BCUT2D eigenvalue weighted by Crippen LogP contribution is -2.08. The van der Waals surface area contributed by atoms with E-state index in [9.17, 15) is 9.59 Å². The molecule has 0 saturated carbocycles. The minimum Gasteiger partial charge on any atom is -0.478 e. The van der Waals surface area contributed by atoms with Crippen molar-refractivity contribution in [3.05, 3.63) is 12.2 Å². The topological polar surface area (TPSA) is 155 Å². The Hall–Kier alpha value is -1.45. The first-order valence-corrected chi connectivity index (χ1v) is 4.02. The summed E-state index contributed by atoms with van der Waals surface area (Å²) in [7, 11) is -4.17. The van der Waals surface area contributed by atoms with Crippen molar-refractivity contribution < 1.29 is 32.8 Å². The highest BCUT2D eigenvalue weighted by atomic mass is 32.2. The Morgan fingerprint density at radius 1 is 1.08 bits per heavy atom. The first-order chi connectivity index (χ1) is 5.63. The number of carboxylic acid groups (broad SMARTS) is 2. The van der Waals surface area contributed by atoms with E-state index in [1.165, 1.54) is 0 Å². The van der Waals surface area contributed by atoms with E-state index in [0.29, 0.717) is 12.2 Å². The minimum absolute atomic E-state index is 0.558. The average molecular weight is 213 g/mol. The van der Waals surface area contributed by atoms with Crippen LogP contribution in [0.4, 0.5) is 0 Å². The van der Waals surface area contributed by atoms with Crippen molar-refractivity contribution >= 4 is 22.2 Å². The van der Waals surface area contributed by atoms with Gasteiger partial charge in [0.05, 0.1) is 0 Å². The van der Waals surface area contributed by atoms with Crippen molar-refractivity contribution in [1.82, 2.24) is 0 Å². The maximum absolute atomic E-state index is 9.55. The zero-order chi connectivity index (χ0) is 11.1. The molecule has 0 aromatic rings. The lowest BCUT2D eigenvalue weighted by atomic mass is 10.5. The van der Waals surface area contributed by atoms with Crippen molar-refractivity contribution in [2.75, 3.05) is 0 Å². The third-order valence-corrected chi connectivity index (χ3v) is 0.368. The third kappa shape index (κ3) is 61.2. The van der Waals surface area contributed by atoms with Gasteiger partial charge in [-0.05, 0) is 0 Å². The molecule has 0 aliphatic rings. The molecule has 0 unspecified atom stereocenters. The predicted octanol–water partition coefficient (Wildman–Crippen LogP) is -1.54. The van der Waals surface area contributed by atoms with Crippen molar-refractivity contribution in [2.24, 2.45) is 5.14 Å². The zero-order valence-corrected chi connectivity index (χ0v) is 6.93. The monoisotopic (exact) mass is 213 g/mol. The highest BCUT2D eigenvalue weighted by molar-refractivity contribution is 7.83. The predicted molar refractivity (Wildman–Crippen MR) is 40.1 cm³/mol. The van der Waals surface area contributed by atoms with Gasteiger partial charge in [-0.2, -0.15) is 8.42 Å². The van der Waals surface area contributed by atoms with E-state index in [2.05, 4.69) is 5.14 Å². The maximum Gasteiger partial charge on any atom is 0.330 e. The van der Waals surface area contributed by atoms with Crippen LogP contribution in [0, 0.1) is 0 Å². The molecule has 0 heterocycles. The molecular formula is C4H7NO7S. The second-order valence-electron chi connectivity index (χ2n) is 1.52. The Balaban J connectivity index is 0. The molecule has 0 aromatic carbocycles. The van der Waals surface area contributed by atoms with E-state index in [1.807, 2.05) is 0 Å². The molecule has 0 bridgehead atoms. The van der Waals surface area contributed by atoms with Crippen LogP contribution in [0.2, 0.25) is 0 Å². The van der Waals surface area contributed by atoms with E-state index in [-0.39, 0.29) is 0 Å². The lowest BCUT2D eigenvalue weighted by molar-refractivity contribution is -0.134. The second-order valence-corrected chi connectivity index (χ2v) is 2.55. The molecule has 0 spiro atoms. The fourth-order valence-electron chi connectivity index (χ4n) is 0.143. The van der Waals surface area contributed by atoms with Gasteiger partial charge in [0.2, 0.25) is 0 Å². The van der Waals surface area contributed by atoms with Crippen LogP contribution in [0.1, 0.15) is 0 Å². The van der Waals surface area contributed by atoms with Gasteiger partial charge in [-0.1, -0.05) is 0 Å². The molecule has 13 heavy (non-hydrogen) atoms. The standard InChI is InChI=1S/C4H4O4.H3NO3S/c5-3(6)1-2-4(7)8;1-5(2,3)4/h1-2H,(H,5,6)(H,7,8);(H3,1,2,3,4)/b2-1-;. The second kappa shape index (κ2) is 6.11. The van der Waals surface area contributed by atoms with Crippen molar-refractivity contribution in [3.8, 4) is 0 Å². The smallest absolute Gasteiger partial charge is 0.330 e. The fourth-order valence-corrected chi connectivity index (χ4v) is 0.143. The summed E-state index contributed by atoms with van der Waals surface area (Å²) in [4.78, 5) is 19.1. The molecular weight excluding hydrogens is 206 g/mol. The largest absolute Gasteiger partial charge is 0.478 e. The van der Waals surface area contributed by atoms with Gasteiger partial charge < -0.3 is 10.2 Å². The van der Waals surface area contributed by atoms with E-state index in [4.69, 9.17) is 23.2 Å². The van der Waals surface area contributed by atoms with Gasteiger partial charge in [-0.3, -0.25) is 4.55 Å². The van der Waals surface area contributed by atoms with Crippen LogP contribution in [-0.2, 0) is 19.9 Å². The molecule has 8 nitrogen and oxygen atoms in total. The Morgan fingerprint density at radius 3 is 1.31 bits per heavy atom. The molecule has 0 saturated heterocycles. The van der Waals surface area contributed by atoms with E-state index < -0.39 is 22.2 Å². The Labute approximate surface area is 73.2 Å². The molecule has 9 heteroatoms. The number of hydrogen-bond acceptors (Lipinski definition) is 4. The molecule has 0 aromatic heterocycles. The van der Waals surface area contributed by atoms with Crippen LogP contribution in [0.15, 0.2) is 12.2 Å². The van der Waals surface area contributed by atoms with Crippen molar-refractivity contribution in [1.29, 1.82) is 0 Å². The summed E-state index contributed by atoms with van der Waals surface area (Å²) < 4.78 is 25.2. The van der Waals surface area contributed by atoms with Crippen LogP contribution in [0.3, 0.4) is 0 Å². The zero-order valence-electron chi connectivity index (χ0n) is 6.11. The van der Waals surface area contributed by atoms with Crippen LogP contribution in [0.25, 0.3) is 0 Å². The summed E-state index contributed by atoms with van der Waals surface area (Å²) in [5.74, 6) is -2.51. The molecule has 76 valence electrons. The van der Waals surface area contributed by atoms with Gasteiger partial charge >= 0.3 is 22.2 Å². The summed E-state index contributed by atoms with van der Waals surface area (Å²) in [6.07, 6.45) is 1.12. The van der Waals surface area contributed by atoms with Gasteiger partial charge in [-0.25, -0.2) is 14.7 Å². The van der Waals surface area contributed by atoms with Crippen molar-refractivity contribution in [3.63, 3.8) is 0 Å². The minimum atomic E-state index is -4.17. The van der Waals surface area contributed by atoms with Crippen LogP contribution >= 0.6 is 0 Å². The van der Waals surface area contributed by atoms with Gasteiger partial charge in [-0.15, -0.1) is 0 Å². The molecule has 0 radical (unpaired) electrons. The number of carbonyl (C=O) groups is 2. The van der Waals surface area contributed by atoms with Gasteiger partial charge in [0.1, 0.15) is 0 Å². The normalized spacial score (nSPS) is 10.3. The van der Waals surface area contributed by atoms with Crippen LogP contribution < -0.4 is 5.14 Å². The molecule has 5 N–H and O–H groups in total. The van der Waals surface area contributed by atoms with Crippen molar-refractivity contribution in [2.45, 2.75) is 0 Å². The summed E-state index contributed by atoms with van der Waals surface area (Å²) in [6.45, 7) is 0. The molecule has 0 rings (SSSR count). The average Bonchev–Trinajstić information content (AvgIpc) is 1.79. The van der Waals surface area contributed by atoms with Crippen LogP contribution in [-0.4, -0.2) is 35.1 Å². The molecule has 0 atom stereocenters. The summed E-state index contributed by atoms with van der Waals surface area (Å²) in [5.41, 5.74) is 0. The summed E-state index contributed by atoms with van der Waals surface area (Å²) >= 11 is 0. The Bertz CT molecular complexity index is 278. The quantitative estimate of drug-likeness (QED) is 0.320. The summed E-state index contributed by atoms with van der Waals surface area (Å²) in [6, 6.07) is 0. The fraction of sp³-hybridized carbons (Fsp3) is 0. The highest BCUT2D eigenvalue weighted by Crippen LogP contribution is 1.70. The number of aliphatic carboxylic acids is 2. The number of hydrogen-bond donors (Lipinski definition) is 4. The molecule has 0 aliphatic heterocycles. The molecule has 0 fully saturated rings. The van der Waals surface area contributed by atoms with Gasteiger partial charge in [0, 0.05) is 12.2 Å². The Morgan fingerprint density at radius 2 is 1.23 bits per heavy atom. The first-order valence-electron chi connectivity index (χ1n) is 2.52. The van der Waals surface area contributed by atoms with Crippen LogP contribution in [0.5, 0.6) is 0 Å². The number of rotatable bonds is 2. The maximum atomic E-state index is 9.55. The van der Waals surface area contributed by atoms with Gasteiger partial charge in [0.15, 0.2) is 0 Å². The number of nitrogens with two attached hydrogens (primary N) is 1. The summed E-state index contributed by atoms with van der Waals surface area (Å²) in [5, 5.41) is 19.5. The van der Waals surface area contributed by atoms with Gasteiger partial charge in [0.25, 0.3) is 0 Å². The third-order valence-electron chi connectivity index (χ3n) is 0.368. The Kier molecular flexibility index (Phi) is 6.62. The number of carboxylic acids is 2. The molecule has 0 aliphatic carbocycles. The van der Waals surface area contributed by atoms with E-state index in [0.717, 1.165) is 0 Å². The molecule has 0 amide bonds. The first kappa shape index (κ1) is 14.1. The highest BCUT2D eigenvalue weighted by Gasteiger charge is 1.88. The van der Waals surface area contributed by atoms with E-state index >= 15 is 0 Å².